The number of halogens is 4. The lowest BCUT2D eigenvalue weighted by Crippen LogP contribution is -1.83. The SMILES string of the molecule is CCOC.FC(Cl)(Cl)Cl. The average Bonchev–Trinajstić information content (AvgIpc) is 1.61. The van der Waals surface area contributed by atoms with Gasteiger partial charge in [-0.2, -0.15) is 4.39 Å². The fraction of sp³-hybridized carbons (Fsp3) is 1.00. The Morgan fingerprint density at radius 2 is 1.56 bits per heavy atom. The van der Waals surface area contributed by atoms with E-state index in [0.29, 0.717) is 0 Å². The molecule has 0 aliphatic rings. The molecular weight excluding hydrogens is 189 g/mol. The van der Waals surface area contributed by atoms with Crippen LogP contribution in [0.4, 0.5) is 4.39 Å². The Labute approximate surface area is 69.0 Å². The number of hydrogen-bond acceptors (Lipinski definition) is 1. The molecule has 0 aromatic heterocycles. The van der Waals surface area contributed by atoms with E-state index in [1.165, 1.54) is 0 Å². The van der Waals surface area contributed by atoms with Gasteiger partial charge >= 0.3 is 4.05 Å². The molecule has 9 heavy (non-hydrogen) atoms. The fourth-order valence-electron chi connectivity index (χ4n) is 0. The Bertz CT molecular complexity index is 46.3. The second kappa shape index (κ2) is 6.87. The minimum atomic E-state index is -2.58. The first-order valence-electron chi connectivity index (χ1n) is 2.16. The highest BCUT2D eigenvalue weighted by Crippen LogP contribution is 2.26. The summed E-state index contributed by atoms with van der Waals surface area (Å²) in [7, 11) is 1.68. The number of ether oxygens (including phenoxy) is 1. The molecule has 0 fully saturated rings. The monoisotopic (exact) mass is 196 g/mol. The molecule has 0 aromatic carbocycles. The Morgan fingerprint density at radius 1 is 1.44 bits per heavy atom. The van der Waals surface area contributed by atoms with E-state index in [1.807, 2.05) is 6.92 Å². The normalized spacial score (nSPS) is 10.0. The Balaban J connectivity index is 0. The maximum Gasteiger partial charge on any atom is 0.333 e. The lowest BCUT2D eigenvalue weighted by atomic mass is 10.9. The van der Waals surface area contributed by atoms with Gasteiger partial charge in [-0.25, -0.2) is 0 Å². The van der Waals surface area contributed by atoms with Gasteiger partial charge in [-0.1, -0.05) is 0 Å². The van der Waals surface area contributed by atoms with Crippen LogP contribution in [0.15, 0.2) is 0 Å². The van der Waals surface area contributed by atoms with Crippen LogP contribution >= 0.6 is 34.8 Å². The smallest absolute Gasteiger partial charge is 0.333 e. The molecule has 58 valence electrons. The van der Waals surface area contributed by atoms with E-state index in [4.69, 9.17) is 0 Å². The van der Waals surface area contributed by atoms with E-state index >= 15 is 0 Å². The molecule has 0 aliphatic heterocycles. The van der Waals surface area contributed by atoms with E-state index in [9.17, 15) is 4.39 Å². The lowest BCUT2D eigenvalue weighted by Gasteiger charge is -1.89. The van der Waals surface area contributed by atoms with Crippen LogP contribution in [0.25, 0.3) is 0 Å². The molecule has 0 heterocycles. The van der Waals surface area contributed by atoms with Crippen LogP contribution in [-0.2, 0) is 4.74 Å². The van der Waals surface area contributed by atoms with Crippen molar-refractivity contribution in [3.63, 3.8) is 0 Å². The van der Waals surface area contributed by atoms with Crippen LogP contribution in [0.5, 0.6) is 0 Å². The van der Waals surface area contributed by atoms with E-state index in [0.717, 1.165) is 6.61 Å². The van der Waals surface area contributed by atoms with Gasteiger partial charge in [0.15, 0.2) is 0 Å². The first-order chi connectivity index (χ1) is 3.91. The third kappa shape index (κ3) is 129. The molecule has 0 saturated heterocycles. The average molecular weight is 197 g/mol. The Hall–Kier alpha value is 0.760. The standard InChI is InChI=1S/C3H8O.CCl3F/c1-3-4-2;2-1(3,4)5/h3H2,1-2H3;. The molecule has 0 unspecified atom stereocenters. The summed E-state index contributed by atoms with van der Waals surface area (Å²) in [6.07, 6.45) is 0. The molecule has 0 rings (SSSR count). The molecule has 0 bridgehead atoms. The molecule has 0 atom stereocenters. The van der Waals surface area contributed by atoms with Gasteiger partial charge in [0, 0.05) is 13.7 Å². The molecule has 0 aliphatic carbocycles. The first-order valence-corrected chi connectivity index (χ1v) is 3.29. The van der Waals surface area contributed by atoms with Crippen molar-refractivity contribution >= 4 is 34.8 Å². The first kappa shape index (κ1) is 12.4. The number of methoxy groups -OCH3 is 1. The van der Waals surface area contributed by atoms with Gasteiger partial charge in [0.05, 0.1) is 0 Å². The van der Waals surface area contributed by atoms with Crippen LogP contribution in [-0.4, -0.2) is 17.8 Å². The molecule has 0 N–H and O–H groups in total. The van der Waals surface area contributed by atoms with Crippen molar-refractivity contribution in [3.8, 4) is 0 Å². The summed E-state index contributed by atoms with van der Waals surface area (Å²) in [6.45, 7) is 2.78. The van der Waals surface area contributed by atoms with Crippen LogP contribution in [0.1, 0.15) is 6.92 Å². The Morgan fingerprint density at radius 3 is 1.56 bits per heavy atom. The second-order valence-corrected chi connectivity index (χ2v) is 3.15. The number of alkyl halides is 4. The third-order valence-electron chi connectivity index (χ3n) is 0.289. The highest BCUT2D eigenvalue weighted by atomic mass is 35.6. The second-order valence-electron chi connectivity index (χ2n) is 1.01. The summed E-state index contributed by atoms with van der Waals surface area (Å²) >= 11 is 13.2. The minimum Gasteiger partial charge on any atom is -0.385 e. The summed E-state index contributed by atoms with van der Waals surface area (Å²) in [5.41, 5.74) is 0. The Kier molecular flexibility index (Phi) is 9.50. The van der Waals surface area contributed by atoms with Gasteiger partial charge in [0.25, 0.3) is 0 Å². The summed E-state index contributed by atoms with van der Waals surface area (Å²) in [5, 5.41) is 0. The highest BCUT2D eigenvalue weighted by molar-refractivity contribution is 6.66. The molecule has 0 spiro atoms. The van der Waals surface area contributed by atoms with Gasteiger partial charge in [0.2, 0.25) is 0 Å². The van der Waals surface area contributed by atoms with Crippen molar-refractivity contribution in [1.29, 1.82) is 0 Å². The molecule has 0 aromatic rings. The van der Waals surface area contributed by atoms with Crippen molar-refractivity contribution in [2.45, 2.75) is 11.0 Å². The van der Waals surface area contributed by atoms with Gasteiger partial charge in [-0.3, -0.25) is 0 Å². The molecular formula is C4H8Cl3FO. The summed E-state index contributed by atoms with van der Waals surface area (Å²) in [4.78, 5) is 0. The van der Waals surface area contributed by atoms with Gasteiger partial charge < -0.3 is 4.74 Å². The zero-order chi connectivity index (χ0) is 7.91. The zero-order valence-electron chi connectivity index (χ0n) is 5.13. The van der Waals surface area contributed by atoms with E-state index in [1.54, 1.807) is 7.11 Å². The third-order valence-corrected chi connectivity index (χ3v) is 0.289. The summed E-state index contributed by atoms with van der Waals surface area (Å²) < 4.78 is 12.9. The summed E-state index contributed by atoms with van der Waals surface area (Å²) in [5.74, 6) is 0. The van der Waals surface area contributed by atoms with Crippen LogP contribution in [0, 0.1) is 0 Å². The van der Waals surface area contributed by atoms with Crippen molar-refractivity contribution in [1.82, 2.24) is 0 Å². The maximum atomic E-state index is 11.0. The van der Waals surface area contributed by atoms with Gasteiger partial charge in [-0.15, -0.1) is 0 Å². The van der Waals surface area contributed by atoms with Crippen molar-refractivity contribution < 1.29 is 9.13 Å². The van der Waals surface area contributed by atoms with Crippen molar-refractivity contribution in [2.75, 3.05) is 13.7 Å². The topological polar surface area (TPSA) is 9.23 Å². The van der Waals surface area contributed by atoms with Gasteiger partial charge in [-0.05, 0) is 41.7 Å². The van der Waals surface area contributed by atoms with Crippen LogP contribution in [0.2, 0.25) is 0 Å². The zero-order valence-corrected chi connectivity index (χ0v) is 7.39. The number of hydrogen-bond donors (Lipinski definition) is 0. The molecule has 1 nitrogen and oxygen atoms in total. The lowest BCUT2D eigenvalue weighted by molar-refractivity contribution is 0.215. The predicted molar refractivity (Wildman–Crippen MR) is 38.9 cm³/mol. The van der Waals surface area contributed by atoms with Crippen LogP contribution in [0.3, 0.4) is 0 Å². The quantitative estimate of drug-likeness (QED) is 0.587. The van der Waals surface area contributed by atoms with Gasteiger partial charge in [0.1, 0.15) is 0 Å². The number of rotatable bonds is 1. The summed E-state index contributed by atoms with van der Waals surface area (Å²) in [6, 6.07) is 0. The molecule has 0 radical (unpaired) electrons. The molecule has 5 heteroatoms. The largest absolute Gasteiger partial charge is 0.385 e. The van der Waals surface area contributed by atoms with Crippen LogP contribution < -0.4 is 0 Å². The molecule has 0 amide bonds. The fourth-order valence-corrected chi connectivity index (χ4v) is 0. The predicted octanol–water partition coefficient (Wildman–Crippen LogP) is 2.94. The van der Waals surface area contributed by atoms with Crippen molar-refractivity contribution in [2.24, 2.45) is 0 Å². The minimum absolute atomic E-state index is 0.819. The highest BCUT2D eigenvalue weighted by Gasteiger charge is 2.14. The van der Waals surface area contributed by atoms with E-state index in [-0.39, 0.29) is 0 Å². The molecule has 0 saturated carbocycles. The van der Waals surface area contributed by atoms with E-state index < -0.39 is 4.05 Å². The van der Waals surface area contributed by atoms with Crippen molar-refractivity contribution in [3.05, 3.63) is 0 Å². The maximum absolute atomic E-state index is 11.0. The van der Waals surface area contributed by atoms with E-state index in [2.05, 4.69) is 39.5 Å².